The van der Waals surface area contributed by atoms with Gasteiger partial charge >= 0.3 is 0 Å². The van der Waals surface area contributed by atoms with E-state index in [-0.39, 0.29) is 11.8 Å². The zero-order valence-electron chi connectivity index (χ0n) is 12.5. The number of carbonyl (C=O) groups is 1. The second-order valence-corrected chi connectivity index (χ2v) is 6.15. The van der Waals surface area contributed by atoms with Crippen molar-refractivity contribution in [2.45, 2.75) is 20.4 Å². The maximum absolute atomic E-state index is 11.6. The highest BCUT2D eigenvalue weighted by Gasteiger charge is 2.07. The van der Waals surface area contributed by atoms with Crippen molar-refractivity contribution in [1.29, 1.82) is 0 Å². The van der Waals surface area contributed by atoms with Crippen molar-refractivity contribution >= 4 is 40.5 Å². The lowest BCUT2D eigenvalue weighted by atomic mass is 10.2. The molecule has 0 bridgehead atoms. The summed E-state index contributed by atoms with van der Waals surface area (Å²) in [6.07, 6.45) is 0. The molecule has 0 radical (unpaired) electrons. The highest BCUT2D eigenvalue weighted by atomic mass is 35.5. The second-order valence-electron chi connectivity index (χ2n) is 5.31. The normalized spacial score (nSPS) is 10.6. The fourth-order valence-electron chi connectivity index (χ4n) is 1.82. The van der Waals surface area contributed by atoms with Crippen LogP contribution in [0.4, 0.5) is 11.4 Å². The van der Waals surface area contributed by atoms with Crippen LogP contribution in [-0.2, 0) is 11.3 Å². The monoisotopic (exact) mass is 336 g/mol. The molecular weight excluding hydrogens is 319 g/mol. The third-order valence-electron chi connectivity index (χ3n) is 3.17. The summed E-state index contributed by atoms with van der Waals surface area (Å²) in [5.41, 5.74) is 2.71. The van der Waals surface area contributed by atoms with Gasteiger partial charge < -0.3 is 10.6 Å². The molecule has 0 aliphatic heterocycles. The van der Waals surface area contributed by atoms with Gasteiger partial charge in [-0.2, -0.15) is 0 Å². The average molecular weight is 337 g/mol. The fraction of sp³-hybridized carbons (Fsp3) is 0.235. The number of benzene rings is 2. The Labute approximate surface area is 140 Å². The predicted molar refractivity (Wildman–Crippen MR) is 93.7 cm³/mol. The zero-order valence-corrected chi connectivity index (χ0v) is 14.0. The fourth-order valence-corrected chi connectivity index (χ4v) is 2.30. The summed E-state index contributed by atoms with van der Waals surface area (Å²) in [5, 5.41) is 7.40. The molecule has 3 nitrogen and oxygen atoms in total. The summed E-state index contributed by atoms with van der Waals surface area (Å²) >= 11 is 12.0. The minimum absolute atomic E-state index is 0.00801. The van der Waals surface area contributed by atoms with Crippen LogP contribution >= 0.6 is 23.2 Å². The van der Waals surface area contributed by atoms with Crippen LogP contribution in [0, 0.1) is 5.92 Å². The van der Waals surface area contributed by atoms with Crippen molar-refractivity contribution in [3.63, 3.8) is 0 Å². The highest BCUT2D eigenvalue weighted by Crippen LogP contribution is 2.22. The molecule has 2 aromatic rings. The van der Waals surface area contributed by atoms with Crippen LogP contribution in [0.2, 0.25) is 10.0 Å². The summed E-state index contributed by atoms with van der Waals surface area (Å²) in [6.45, 7) is 4.33. The molecule has 0 aliphatic rings. The predicted octanol–water partition coefficient (Wildman–Crippen LogP) is 5.20. The van der Waals surface area contributed by atoms with E-state index in [2.05, 4.69) is 10.6 Å². The lowest BCUT2D eigenvalue weighted by molar-refractivity contribution is -0.118. The Hall–Kier alpha value is -1.71. The third-order valence-corrected chi connectivity index (χ3v) is 3.76. The lowest BCUT2D eigenvalue weighted by Crippen LogP contribution is -2.17. The Kier molecular flexibility index (Phi) is 5.69. The van der Waals surface area contributed by atoms with Crippen LogP contribution in [0.15, 0.2) is 42.5 Å². The number of hydrogen-bond donors (Lipinski definition) is 2. The standard InChI is InChI=1S/C17H18Cl2N2O/c1-11(2)17(22)21-15-7-5-14(6-8-15)20-10-12-3-4-13(18)9-16(12)19/h3-9,11,20H,10H2,1-2H3,(H,21,22). The molecule has 0 atom stereocenters. The molecule has 116 valence electrons. The van der Waals surface area contributed by atoms with E-state index < -0.39 is 0 Å². The van der Waals surface area contributed by atoms with E-state index in [0.29, 0.717) is 16.6 Å². The molecular formula is C17H18Cl2N2O. The largest absolute Gasteiger partial charge is 0.381 e. The topological polar surface area (TPSA) is 41.1 Å². The van der Waals surface area contributed by atoms with Gasteiger partial charge in [-0.3, -0.25) is 4.79 Å². The number of halogens is 2. The molecule has 0 aliphatic carbocycles. The molecule has 1 amide bonds. The zero-order chi connectivity index (χ0) is 16.1. The molecule has 0 aromatic heterocycles. The summed E-state index contributed by atoms with van der Waals surface area (Å²) in [6, 6.07) is 13.0. The average Bonchev–Trinajstić information content (AvgIpc) is 2.47. The van der Waals surface area contributed by atoms with Crippen LogP contribution in [0.5, 0.6) is 0 Å². The Morgan fingerprint density at radius 3 is 2.27 bits per heavy atom. The van der Waals surface area contributed by atoms with Gasteiger partial charge in [-0.05, 0) is 42.0 Å². The van der Waals surface area contributed by atoms with Gasteiger partial charge in [0.25, 0.3) is 0 Å². The van der Waals surface area contributed by atoms with Crippen molar-refractivity contribution in [1.82, 2.24) is 0 Å². The van der Waals surface area contributed by atoms with Crippen LogP contribution < -0.4 is 10.6 Å². The van der Waals surface area contributed by atoms with Crippen molar-refractivity contribution in [2.24, 2.45) is 5.92 Å². The van der Waals surface area contributed by atoms with E-state index in [9.17, 15) is 4.79 Å². The van der Waals surface area contributed by atoms with Gasteiger partial charge in [-0.1, -0.05) is 43.1 Å². The lowest BCUT2D eigenvalue weighted by Gasteiger charge is -2.11. The molecule has 0 heterocycles. The first-order chi connectivity index (χ1) is 10.5. The van der Waals surface area contributed by atoms with Crippen molar-refractivity contribution in [3.8, 4) is 0 Å². The van der Waals surface area contributed by atoms with Crippen molar-refractivity contribution in [2.75, 3.05) is 10.6 Å². The Morgan fingerprint density at radius 1 is 1.05 bits per heavy atom. The third kappa shape index (κ3) is 4.65. The molecule has 0 fully saturated rings. The SMILES string of the molecule is CC(C)C(=O)Nc1ccc(NCc2ccc(Cl)cc2Cl)cc1. The summed E-state index contributed by atoms with van der Waals surface area (Å²) in [7, 11) is 0. The van der Waals surface area contributed by atoms with Crippen LogP contribution in [-0.4, -0.2) is 5.91 Å². The maximum atomic E-state index is 11.6. The van der Waals surface area contributed by atoms with E-state index >= 15 is 0 Å². The van der Waals surface area contributed by atoms with Gasteiger partial charge in [-0.25, -0.2) is 0 Å². The van der Waals surface area contributed by atoms with Gasteiger partial charge in [0, 0.05) is 33.9 Å². The van der Waals surface area contributed by atoms with E-state index in [1.807, 2.05) is 50.2 Å². The van der Waals surface area contributed by atoms with Crippen molar-refractivity contribution in [3.05, 3.63) is 58.1 Å². The van der Waals surface area contributed by atoms with Gasteiger partial charge in [0.05, 0.1) is 0 Å². The van der Waals surface area contributed by atoms with Gasteiger partial charge in [-0.15, -0.1) is 0 Å². The smallest absolute Gasteiger partial charge is 0.226 e. The number of nitrogens with one attached hydrogen (secondary N) is 2. The minimum Gasteiger partial charge on any atom is -0.381 e. The molecule has 0 saturated carbocycles. The van der Waals surface area contributed by atoms with Crippen molar-refractivity contribution < 1.29 is 4.79 Å². The van der Waals surface area contributed by atoms with Gasteiger partial charge in [0.2, 0.25) is 5.91 Å². The molecule has 0 spiro atoms. The molecule has 2 rings (SSSR count). The molecule has 5 heteroatoms. The number of hydrogen-bond acceptors (Lipinski definition) is 2. The maximum Gasteiger partial charge on any atom is 0.226 e. The Morgan fingerprint density at radius 2 is 1.68 bits per heavy atom. The number of carbonyl (C=O) groups excluding carboxylic acids is 1. The summed E-state index contributed by atoms with van der Waals surface area (Å²) in [4.78, 5) is 11.6. The minimum atomic E-state index is -0.0372. The van der Waals surface area contributed by atoms with E-state index in [4.69, 9.17) is 23.2 Å². The second kappa shape index (κ2) is 7.52. The van der Waals surface area contributed by atoms with Crippen LogP contribution in [0.1, 0.15) is 19.4 Å². The summed E-state index contributed by atoms with van der Waals surface area (Å²) < 4.78 is 0. The molecule has 0 saturated heterocycles. The number of rotatable bonds is 5. The van der Waals surface area contributed by atoms with Gasteiger partial charge in [0.15, 0.2) is 0 Å². The van der Waals surface area contributed by atoms with Crippen LogP contribution in [0.25, 0.3) is 0 Å². The number of amides is 1. The summed E-state index contributed by atoms with van der Waals surface area (Å²) in [5.74, 6) is -0.0292. The molecule has 0 unspecified atom stereocenters. The van der Waals surface area contributed by atoms with Gasteiger partial charge in [0.1, 0.15) is 0 Å². The van der Waals surface area contributed by atoms with E-state index in [1.165, 1.54) is 0 Å². The first-order valence-electron chi connectivity index (χ1n) is 7.04. The quantitative estimate of drug-likeness (QED) is 0.787. The highest BCUT2D eigenvalue weighted by molar-refractivity contribution is 6.35. The van der Waals surface area contributed by atoms with E-state index in [1.54, 1.807) is 6.07 Å². The molecule has 2 N–H and O–H groups in total. The molecule has 22 heavy (non-hydrogen) atoms. The first kappa shape index (κ1) is 16.7. The number of anilines is 2. The molecule has 2 aromatic carbocycles. The first-order valence-corrected chi connectivity index (χ1v) is 7.80. The van der Waals surface area contributed by atoms with E-state index in [0.717, 1.165) is 16.9 Å². The Bertz CT molecular complexity index is 654. The van der Waals surface area contributed by atoms with Crippen LogP contribution in [0.3, 0.4) is 0 Å². The Balaban J connectivity index is 1.95.